The van der Waals surface area contributed by atoms with Crippen LogP contribution >= 0.6 is 24.2 Å². The van der Waals surface area contributed by atoms with Gasteiger partial charge >= 0.3 is 0 Å². The Balaban J connectivity index is 0.00000120. The molecule has 2 atom stereocenters. The van der Waals surface area contributed by atoms with E-state index in [9.17, 15) is 0 Å². The zero-order chi connectivity index (χ0) is 12.3. The van der Waals surface area contributed by atoms with E-state index in [0.29, 0.717) is 11.7 Å². The van der Waals surface area contributed by atoms with Crippen molar-refractivity contribution < 1.29 is 10.2 Å². The van der Waals surface area contributed by atoms with Crippen molar-refractivity contribution >= 4 is 24.2 Å². The van der Waals surface area contributed by atoms with Crippen LogP contribution in [0.1, 0.15) is 25.2 Å². The predicted octanol–water partition coefficient (Wildman–Crippen LogP) is 1.98. The molecule has 1 spiro atoms. The zero-order valence-electron chi connectivity index (χ0n) is 12.0. The third-order valence-corrected chi connectivity index (χ3v) is 4.54. The first-order valence-electron chi connectivity index (χ1n) is 6.91. The molecule has 4 saturated heterocycles. The van der Waals surface area contributed by atoms with Gasteiger partial charge in [-0.3, -0.25) is 0 Å². The number of hydrogen-bond donors (Lipinski definition) is 0. The summed E-state index contributed by atoms with van der Waals surface area (Å²) in [6.45, 7) is 0.632. The Bertz CT molecular complexity index is 336. The monoisotopic (exact) mass is 239 g/mol. The van der Waals surface area contributed by atoms with Crippen molar-refractivity contribution in [2.75, 3.05) is 25.4 Å². The average Bonchev–Trinajstić information content (AvgIpc) is 2.58. The van der Waals surface area contributed by atoms with Crippen LogP contribution in [0.25, 0.3) is 0 Å². The summed E-state index contributed by atoms with van der Waals surface area (Å²) in [6.07, 6.45) is 2.16. The Morgan fingerprint density at radius 1 is 1.57 bits per heavy atom. The molecule has 4 aliphatic rings. The van der Waals surface area contributed by atoms with Gasteiger partial charge in [0.15, 0.2) is 0 Å². The Kier molecular flexibility index (Phi) is 1.93. The first kappa shape index (κ1) is 7.00. The SMILES string of the molecule is Cl.[2H]C([2H])([2H])C1([2H])OC2(CS1)CN1CCC2CC1. The maximum absolute atomic E-state index is 8.03. The van der Waals surface area contributed by atoms with Crippen molar-refractivity contribution in [2.24, 2.45) is 5.92 Å². The largest absolute Gasteiger partial charge is 0.359 e. The van der Waals surface area contributed by atoms with Crippen molar-refractivity contribution in [2.45, 2.75) is 30.7 Å². The van der Waals surface area contributed by atoms with Crippen LogP contribution in [0.2, 0.25) is 0 Å². The molecule has 2 bridgehead atoms. The molecule has 0 aromatic rings. The normalized spacial score (nSPS) is 61.1. The van der Waals surface area contributed by atoms with Gasteiger partial charge in [0, 0.05) is 16.4 Å². The number of halogens is 1. The van der Waals surface area contributed by atoms with Crippen LogP contribution in [0.3, 0.4) is 0 Å². The number of rotatable bonds is 0. The van der Waals surface area contributed by atoms with Gasteiger partial charge in [-0.1, -0.05) is 0 Å². The lowest BCUT2D eigenvalue weighted by molar-refractivity contribution is -0.133. The quantitative estimate of drug-likeness (QED) is 0.642. The second-order valence-electron chi connectivity index (χ2n) is 4.29. The van der Waals surface area contributed by atoms with Gasteiger partial charge in [0.25, 0.3) is 0 Å². The molecule has 0 aliphatic carbocycles. The number of hydrogen-bond acceptors (Lipinski definition) is 3. The molecular weight excluding hydrogens is 218 g/mol. The van der Waals surface area contributed by atoms with E-state index in [1.54, 1.807) is 0 Å². The minimum atomic E-state index is -2.37. The zero-order valence-corrected chi connectivity index (χ0v) is 9.62. The molecule has 2 unspecified atom stereocenters. The highest BCUT2D eigenvalue weighted by molar-refractivity contribution is 8.00. The molecule has 0 saturated carbocycles. The van der Waals surface area contributed by atoms with Gasteiger partial charge in [-0.15, -0.1) is 24.2 Å². The molecule has 2 nitrogen and oxygen atoms in total. The van der Waals surface area contributed by atoms with Crippen LogP contribution in [-0.4, -0.2) is 41.3 Å². The molecule has 4 rings (SSSR count). The Morgan fingerprint density at radius 3 is 2.86 bits per heavy atom. The van der Waals surface area contributed by atoms with Gasteiger partial charge in [0.2, 0.25) is 0 Å². The van der Waals surface area contributed by atoms with Crippen LogP contribution in [0, 0.1) is 5.92 Å². The molecule has 0 radical (unpaired) electrons. The lowest BCUT2D eigenvalue weighted by Gasteiger charge is -2.50. The Morgan fingerprint density at radius 2 is 2.36 bits per heavy atom. The number of piperidine rings is 3. The second-order valence-corrected chi connectivity index (χ2v) is 5.24. The highest BCUT2D eigenvalue weighted by Crippen LogP contribution is 2.46. The van der Waals surface area contributed by atoms with Gasteiger partial charge in [-0.25, -0.2) is 0 Å². The van der Waals surface area contributed by atoms with Crippen LogP contribution in [0.15, 0.2) is 0 Å². The van der Waals surface area contributed by atoms with E-state index in [2.05, 4.69) is 4.90 Å². The lowest BCUT2D eigenvalue weighted by atomic mass is 9.76. The average molecular weight is 240 g/mol. The first-order valence-corrected chi connectivity index (χ1v) is 5.90. The maximum Gasteiger partial charge on any atom is 0.101 e. The molecular formula is C10H18ClNOS. The first-order chi connectivity index (χ1) is 7.85. The molecule has 14 heavy (non-hydrogen) atoms. The third-order valence-electron chi connectivity index (χ3n) is 3.57. The van der Waals surface area contributed by atoms with Crippen LogP contribution < -0.4 is 0 Å². The smallest absolute Gasteiger partial charge is 0.101 e. The van der Waals surface area contributed by atoms with Crippen molar-refractivity contribution in [3.05, 3.63) is 0 Å². The van der Waals surface area contributed by atoms with Crippen molar-refractivity contribution in [1.29, 1.82) is 0 Å². The van der Waals surface area contributed by atoms with E-state index in [4.69, 9.17) is 10.2 Å². The van der Waals surface area contributed by atoms with Gasteiger partial charge < -0.3 is 9.64 Å². The molecule has 0 N–H and O–H groups in total. The van der Waals surface area contributed by atoms with Crippen molar-refractivity contribution in [3.8, 4) is 0 Å². The van der Waals surface area contributed by atoms with E-state index in [0.717, 1.165) is 44.2 Å². The molecule has 0 aromatic carbocycles. The van der Waals surface area contributed by atoms with Crippen LogP contribution in [0.5, 0.6) is 0 Å². The minimum Gasteiger partial charge on any atom is -0.359 e. The maximum atomic E-state index is 8.03. The molecule has 4 heteroatoms. The summed E-state index contributed by atoms with van der Waals surface area (Å²) in [7, 11) is 0. The van der Waals surface area contributed by atoms with E-state index in [1.807, 2.05) is 0 Å². The number of nitrogens with zero attached hydrogens (tertiary/aromatic N) is 1. The minimum absolute atomic E-state index is 0. The standard InChI is InChI=1S/C10H17NOS.ClH/c1-8-12-10(7-13-8)6-11-4-2-9(10)3-5-11;/h8-9H,2-7H2,1H3;1H/i1D3,8D;. The topological polar surface area (TPSA) is 12.5 Å². The van der Waals surface area contributed by atoms with E-state index in [1.165, 1.54) is 0 Å². The highest BCUT2D eigenvalue weighted by atomic mass is 35.5. The van der Waals surface area contributed by atoms with Crippen molar-refractivity contribution in [1.82, 2.24) is 4.90 Å². The van der Waals surface area contributed by atoms with Gasteiger partial charge in [0.1, 0.15) is 5.41 Å². The highest BCUT2D eigenvalue weighted by Gasteiger charge is 2.51. The third kappa shape index (κ3) is 1.58. The fourth-order valence-electron chi connectivity index (χ4n) is 2.84. The summed E-state index contributed by atoms with van der Waals surface area (Å²) >= 11 is 1.15. The van der Waals surface area contributed by atoms with Crippen LogP contribution in [0.4, 0.5) is 0 Å². The van der Waals surface area contributed by atoms with Crippen molar-refractivity contribution in [3.63, 3.8) is 0 Å². The van der Waals surface area contributed by atoms with E-state index in [-0.39, 0.29) is 18.0 Å². The molecule has 4 heterocycles. The molecule has 0 aromatic heterocycles. The summed E-state index contributed by atoms with van der Waals surface area (Å²) in [5, 5.41) is 0. The van der Waals surface area contributed by atoms with E-state index < -0.39 is 12.3 Å². The summed E-state index contributed by atoms with van der Waals surface area (Å²) in [5.41, 5.74) is -2.14. The second kappa shape index (κ2) is 3.85. The number of ether oxygens (including phenoxy) is 1. The Hall–Kier alpha value is 0.560. The fraction of sp³-hybridized carbons (Fsp3) is 1.00. The molecule has 82 valence electrons. The fourth-order valence-corrected chi connectivity index (χ4v) is 3.82. The van der Waals surface area contributed by atoms with E-state index >= 15 is 0 Å². The van der Waals surface area contributed by atoms with Gasteiger partial charge in [0.05, 0.1) is 6.97 Å². The Labute approximate surface area is 102 Å². The summed E-state index contributed by atoms with van der Waals surface area (Å²) in [4.78, 5) is 2.34. The number of fused-ring (bicyclic) bond motifs is 2. The summed E-state index contributed by atoms with van der Waals surface area (Å²) < 4.78 is 36.2. The number of thioether (sulfide) groups is 1. The summed E-state index contributed by atoms with van der Waals surface area (Å²) in [5.74, 6) is 1.09. The van der Waals surface area contributed by atoms with Gasteiger partial charge in [-0.2, -0.15) is 0 Å². The lowest BCUT2D eigenvalue weighted by Crippen LogP contribution is -2.60. The molecule has 4 fully saturated rings. The predicted molar refractivity (Wildman–Crippen MR) is 62.1 cm³/mol. The molecule has 4 aliphatic heterocycles. The van der Waals surface area contributed by atoms with Crippen LogP contribution in [-0.2, 0) is 4.74 Å². The summed E-state index contributed by atoms with van der Waals surface area (Å²) in [6, 6.07) is 0. The van der Waals surface area contributed by atoms with Gasteiger partial charge in [-0.05, 0) is 38.7 Å². The molecule has 0 amide bonds.